The first-order valence-electron chi connectivity index (χ1n) is 8.06. The lowest BCUT2D eigenvalue weighted by atomic mass is 9.84. The summed E-state index contributed by atoms with van der Waals surface area (Å²) in [5.41, 5.74) is 1.57. The highest BCUT2D eigenvalue weighted by Gasteiger charge is 2.30. The van der Waals surface area contributed by atoms with Crippen molar-refractivity contribution in [2.75, 3.05) is 6.61 Å². The summed E-state index contributed by atoms with van der Waals surface area (Å²) >= 11 is 0. The van der Waals surface area contributed by atoms with Crippen molar-refractivity contribution in [1.29, 1.82) is 0 Å². The van der Waals surface area contributed by atoms with Crippen LogP contribution in [-0.4, -0.2) is 23.7 Å². The number of allylic oxidation sites excluding steroid dienone is 1. The Labute approximate surface area is 142 Å². The number of ether oxygens (including phenoxy) is 1. The van der Waals surface area contributed by atoms with E-state index >= 15 is 0 Å². The van der Waals surface area contributed by atoms with Crippen LogP contribution in [0.2, 0.25) is 0 Å². The molecule has 0 aliphatic carbocycles. The second kappa shape index (κ2) is 7.77. The predicted octanol–water partition coefficient (Wildman–Crippen LogP) is 2.52. The SMILES string of the molecule is C=C1N=CC=C(OCC(=O)NC(CC)(CC)c2ccnc(C)c2)N1. The van der Waals surface area contributed by atoms with E-state index in [9.17, 15) is 4.79 Å². The molecule has 128 valence electrons. The molecule has 0 saturated carbocycles. The minimum atomic E-state index is -0.423. The Morgan fingerprint density at radius 1 is 1.42 bits per heavy atom. The van der Waals surface area contributed by atoms with Crippen molar-refractivity contribution in [3.63, 3.8) is 0 Å². The second-order valence-electron chi connectivity index (χ2n) is 5.69. The van der Waals surface area contributed by atoms with Gasteiger partial charge in [0.25, 0.3) is 5.91 Å². The number of amides is 1. The number of hydrogen-bond acceptors (Lipinski definition) is 5. The van der Waals surface area contributed by atoms with Crippen molar-refractivity contribution >= 4 is 12.1 Å². The van der Waals surface area contributed by atoms with Gasteiger partial charge < -0.3 is 15.4 Å². The van der Waals surface area contributed by atoms with Crippen LogP contribution in [0.15, 0.2) is 47.7 Å². The van der Waals surface area contributed by atoms with Crippen LogP contribution in [0, 0.1) is 6.92 Å². The molecule has 0 radical (unpaired) electrons. The van der Waals surface area contributed by atoms with Crippen LogP contribution in [0.25, 0.3) is 0 Å². The Hall–Kier alpha value is -2.63. The summed E-state index contributed by atoms with van der Waals surface area (Å²) in [5.74, 6) is 0.768. The van der Waals surface area contributed by atoms with Crippen LogP contribution in [0.3, 0.4) is 0 Å². The lowest BCUT2D eigenvalue weighted by Crippen LogP contribution is -2.46. The van der Waals surface area contributed by atoms with Crippen LogP contribution in [-0.2, 0) is 15.1 Å². The first-order chi connectivity index (χ1) is 11.5. The van der Waals surface area contributed by atoms with Crippen molar-refractivity contribution in [1.82, 2.24) is 15.6 Å². The van der Waals surface area contributed by atoms with Gasteiger partial charge in [-0.2, -0.15) is 0 Å². The van der Waals surface area contributed by atoms with E-state index < -0.39 is 5.54 Å². The number of carbonyl (C=O) groups excluding carboxylic acids is 1. The minimum Gasteiger partial charge on any atom is -0.469 e. The fourth-order valence-corrected chi connectivity index (χ4v) is 2.69. The third kappa shape index (κ3) is 4.22. The summed E-state index contributed by atoms with van der Waals surface area (Å²) in [6, 6.07) is 3.96. The molecular formula is C18H24N4O2. The van der Waals surface area contributed by atoms with Crippen molar-refractivity contribution < 1.29 is 9.53 Å². The van der Waals surface area contributed by atoms with Gasteiger partial charge in [0.15, 0.2) is 12.5 Å². The summed E-state index contributed by atoms with van der Waals surface area (Å²) in [5, 5.41) is 5.98. The summed E-state index contributed by atoms with van der Waals surface area (Å²) in [4.78, 5) is 20.6. The fourth-order valence-electron chi connectivity index (χ4n) is 2.69. The van der Waals surface area contributed by atoms with Gasteiger partial charge in [0, 0.05) is 24.2 Å². The van der Waals surface area contributed by atoms with E-state index in [0.29, 0.717) is 11.7 Å². The summed E-state index contributed by atoms with van der Waals surface area (Å²) in [6.07, 6.45) is 6.57. The zero-order valence-electron chi connectivity index (χ0n) is 14.4. The molecule has 6 nitrogen and oxygen atoms in total. The maximum absolute atomic E-state index is 12.4. The Bertz CT molecular complexity index is 675. The standard InChI is InChI=1S/C18H24N4O2/c1-5-18(6-2,15-7-9-19-13(3)11-15)22-16(23)12-24-17-8-10-20-14(4)21-17/h7-11,21H,4-6,12H2,1-3H3,(H,22,23). The van der Waals surface area contributed by atoms with E-state index in [0.717, 1.165) is 24.1 Å². The zero-order chi connectivity index (χ0) is 17.6. The number of carbonyl (C=O) groups is 1. The van der Waals surface area contributed by atoms with Crippen LogP contribution in [0.5, 0.6) is 0 Å². The molecule has 0 saturated heterocycles. The van der Waals surface area contributed by atoms with Gasteiger partial charge in [-0.1, -0.05) is 20.4 Å². The molecule has 0 bridgehead atoms. The highest BCUT2D eigenvalue weighted by atomic mass is 16.5. The van der Waals surface area contributed by atoms with E-state index in [1.165, 1.54) is 0 Å². The molecule has 1 aromatic rings. The van der Waals surface area contributed by atoms with Crippen LogP contribution >= 0.6 is 0 Å². The second-order valence-corrected chi connectivity index (χ2v) is 5.69. The Balaban J connectivity index is 2.04. The van der Waals surface area contributed by atoms with E-state index in [2.05, 4.69) is 41.0 Å². The number of aliphatic imine (C=N–C) groups is 1. The largest absolute Gasteiger partial charge is 0.469 e. The highest BCUT2D eigenvalue weighted by molar-refractivity contribution is 5.79. The van der Waals surface area contributed by atoms with Crippen LogP contribution in [0.1, 0.15) is 37.9 Å². The molecule has 2 N–H and O–H groups in total. The molecule has 0 spiro atoms. The lowest BCUT2D eigenvalue weighted by Gasteiger charge is -2.33. The number of aryl methyl sites for hydroxylation is 1. The third-order valence-corrected chi connectivity index (χ3v) is 4.12. The summed E-state index contributed by atoms with van der Waals surface area (Å²) in [7, 11) is 0. The molecule has 0 aromatic carbocycles. The van der Waals surface area contributed by atoms with Crippen molar-refractivity contribution in [3.8, 4) is 0 Å². The first kappa shape index (κ1) is 17.7. The van der Waals surface area contributed by atoms with Crippen molar-refractivity contribution in [3.05, 3.63) is 53.9 Å². The third-order valence-electron chi connectivity index (χ3n) is 4.12. The van der Waals surface area contributed by atoms with Gasteiger partial charge in [-0.25, -0.2) is 4.99 Å². The van der Waals surface area contributed by atoms with Gasteiger partial charge in [0.05, 0.1) is 5.54 Å². The molecule has 2 rings (SSSR count). The molecule has 1 aliphatic heterocycles. The molecule has 1 aromatic heterocycles. The van der Waals surface area contributed by atoms with Crippen LogP contribution < -0.4 is 10.6 Å². The average molecular weight is 328 g/mol. The molecule has 1 aliphatic rings. The lowest BCUT2D eigenvalue weighted by molar-refractivity contribution is -0.126. The Morgan fingerprint density at radius 2 is 2.17 bits per heavy atom. The van der Waals surface area contributed by atoms with Crippen molar-refractivity contribution in [2.24, 2.45) is 4.99 Å². The highest BCUT2D eigenvalue weighted by Crippen LogP contribution is 2.28. The molecule has 2 heterocycles. The molecule has 0 fully saturated rings. The number of rotatable bonds is 7. The fraction of sp³-hybridized carbons (Fsp3) is 0.389. The van der Waals surface area contributed by atoms with E-state index in [4.69, 9.17) is 4.74 Å². The number of aromatic nitrogens is 1. The van der Waals surface area contributed by atoms with Gasteiger partial charge in [-0.15, -0.1) is 0 Å². The summed E-state index contributed by atoms with van der Waals surface area (Å²) < 4.78 is 5.48. The van der Waals surface area contributed by atoms with Crippen molar-refractivity contribution in [2.45, 2.75) is 39.2 Å². The van der Waals surface area contributed by atoms with Gasteiger partial charge in [-0.05, 0) is 37.5 Å². The number of hydrogen-bond donors (Lipinski definition) is 2. The topological polar surface area (TPSA) is 75.6 Å². The van der Waals surface area contributed by atoms with Gasteiger partial charge >= 0.3 is 0 Å². The Morgan fingerprint density at radius 3 is 2.79 bits per heavy atom. The van der Waals surface area contributed by atoms with Gasteiger partial charge in [0.1, 0.15) is 5.82 Å². The van der Waals surface area contributed by atoms with E-state index in [1.807, 2.05) is 19.1 Å². The maximum atomic E-state index is 12.4. The molecule has 1 amide bonds. The van der Waals surface area contributed by atoms with Gasteiger partial charge in [0.2, 0.25) is 0 Å². The zero-order valence-corrected chi connectivity index (χ0v) is 14.4. The van der Waals surface area contributed by atoms with Gasteiger partial charge in [-0.3, -0.25) is 9.78 Å². The molecular weight excluding hydrogens is 304 g/mol. The molecule has 6 heteroatoms. The molecule has 0 unspecified atom stereocenters. The number of nitrogens with zero attached hydrogens (tertiary/aromatic N) is 2. The number of nitrogens with one attached hydrogen (secondary N) is 2. The van der Waals surface area contributed by atoms with Crippen LogP contribution in [0.4, 0.5) is 0 Å². The van der Waals surface area contributed by atoms with E-state index in [1.54, 1.807) is 18.5 Å². The monoisotopic (exact) mass is 328 g/mol. The molecule has 24 heavy (non-hydrogen) atoms. The Kier molecular flexibility index (Phi) is 5.73. The smallest absolute Gasteiger partial charge is 0.258 e. The summed E-state index contributed by atoms with van der Waals surface area (Å²) in [6.45, 7) is 9.68. The number of pyridine rings is 1. The average Bonchev–Trinajstić information content (AvgIpc) is 2.58. The normalized spacial score (nSPS) is 14.0. The quantitative estimate of drug-likeness (QED) is 0.806. The first-order valence-corrected chi connectivity index (χ1v) is 8.06. The maximum Gasteiger partial charge on any atom is 0.258 e. The minimum absolute atomic E-state index is 0.0776. The molecule has 0 atom stereocenters. The van der Waals surface area contributed by atoms with E-state index in [-0.39, 0.29) is 12.5 Å². The predicted molar refractivity (Wildman–Crippen MR) is 94.2 cm³/mol.